The smallest absolute Gasteiger partial charge is 0.267 e. The van der Waals surface area contributed by atoms with Gasteiger partial charge in [-0.15, -0.1) is 21.5 Å². The van der Waals surface area contributed by atoms with Gasteiger partial charge in [-0.1, -0.05) is 39.4 Å². The Labute approximate surface area is 160 Å². The quantitative estimate of drug-likeness (QED) is 0.618. The largest absolute Gasteiger partial charge is 0.352 e. The van der Waals surface area contributed by atoms with Crippen molar-refractivity contribution in [2.24, 2.45) is 0 Å². The number of aromatic nitrogens is 2. The molecule has 2 aromatic heterocycles. The summed E-state index contributed by atoms with van der Waals surface area (Å²) in [5, 5.41) is 16.6. The molecule has 6 nitrogen and oxygen atoms in total. The molecule has 0 saturated carbocycles. The van der Waals surface area contributed by atoms with E-state index >= 15 is 0 Å². The standard InChI is InChI=1S/C16H13BrN4O2S2/c17-11-4-1-3-10(9-11)14(22)18-7-6-13-20-21-16(25-13)19-15(23)12-5-2-8-24-12/h1-5,8-9H,6-7H2,(H,18,22)(H,19,21,23). The van der Waals surface area contributed by atoms with Gasteiger partial charge in [0.05, 0.1) is 4.88 Å². The number of carbonyl (C=O) groups excluding carboxylic acids is 2. The van der Waals surface area contributed by atoms with Crippen molar-refractivity contribution in [3.63, 3.8) is 0 Å². The number of benzene rings is 1. The van der Waals surface area contributed by atoms with E-state index in [1.807, 2.05) is 23.6 Å². The van der Waals surface area contributed by atoms with E-state index in [0.717, 1.165) is 9.48 Å². The van der Waals surface area contributed by atoms with Crippen LogP contribution in [0.3, 0.4) is 0 Å². The molecule has 25 heavy (non-hydrogen) atoms. The molecule has 9 heteroatoms. The molecule has 2 heterocycles. The fraction of sp³-hybridized carbons (Fsp3) is 0.125. The first-order valence-corrected chi connectivity index (χ1v) is 9.82. The van der Waals surface area contributed by atoms with Gasteiger partial charge in [-0.25, -0.2) is 0 Å². The molecule has 0 radical (unpaired) electrons. The van der Waals surface area contributed by atoms with E-state index in [0.29, 0.717) is 28.5 Å². The third-order valence-corrected chi connectivity index (χ3v) is 5.40. The van der Waals surface area contributed by atoms with Crippen LogP contribution in [0.5, 0.6) is 0 Å². The number of anilines is 1. The van der Waals surface area contributed by atoms with Gasteiger partial charge < -0.3 is 5.32 Å². The number of nitrogens with zero attached hydrogens (tertiary/aromatic N) is 2. The van der Waals surface area contributed by atoms with E-state index in [9.17, 15) is 9.59 Å². The average molecular weight is 437 g/mol. The molecule has 0 saturated heterocycles. The fourth-order valence-electron chi connectivity index (χ4n) is 1.99. The molecule has 0 unspecified atom stereocenters. The van der Waals surface area contributed by atoms with Crippen LogP contribution < -0.4 is 10.6 Å². The van der Waals surface area contributed by atoms with Gasteiger partial charge in [0.2, 0.25) is 5.13 Å². The summed E-state index contributed by atoms with van der Waals surface area (Å²) in [6.07, 6.45) is 0.548. The van der Waals surface area contributed by atoms with Crippen LogP contribution in [0.1, 0.15) is 25.0 Å². The van der Waals surface area contributed by atoms with Gasteiger partial charge in [0.1, 0.15) is 5.01 Å². The molecule has 0 aliphatic rings. The van der Waals surface area contributed by atoms with Crippen LogP contribution in [0.4, 0.5) is 5.13 Å². The van der Waals surface area contributed by atoms with Gasteiger partial charge in [0.25, 0.3) is 11.8 Å². The summed E-state index contributed by atoms with van der Waals surface area (Å²) >= 11 is 6.01. The van der Waals surface area contributed by atoms with Crippen molar-refractivity contribution in [1.82, 2.24) is 15.5 Å². The lowest BCUT2D eigenvalue weighted by Crippen LogP contribution is -2.25. The summed E-state index contributed by atoms with van der Waals surface area (Å²) < 4.78 is 0.857. The highest BCUT2D eigenvalue weighted by Gasteiger charge is 2.11. The minimum atomic E-state index is -0.194. The van der Waals surface area contributed by atoms with Gasteiger partial charge in [-0.2, -0.15) is 0 Å². The second-order valence-corrected chi connectivity index (χ2v) is 7.87. The first kappa shape index (κ1) is 17.7. The van der Waals surface area contributed by atoms with E-state index in [2.05, 4.69) is 36.8 Å². The van der Waals surface area contributed by atoms with Crippen LogP contribution in [0.25, 0.3) is 0 Å². The lowest BCUT2D eigenvalue weighted by Gasteiger charge is -2.04. The van der Waals surface area contributed by atoms with Gasteiger partial charge in [0, 0.05) is 23.0 Å². The minimum absolute atomic E-state index is 0.142. The average Bonchev–Trinajstić information content (AvgIpc) is 3.26. The topological polar surface area (TPSA) is 84.0 Å². The Kier molecular flexibility index (Phi) is 5.90. The third kappa shape index (κ3) is 4.94. The fourth-order valence-corrected chi connectivity index (χ4v) is 3.74. The Morgan fingerprint density at radius 1 is 1.12 bits per heavy atom. The normalized spacial score (nSPS) is 10.4. The molecule has 2 amide bonds. The Balaban J connectivity index is 1.49. The summed E-state index contributed by atoms with van der Waals surface area (Å²) in [6, 6.07) is 10.8. The molecule has 2 N–H and O–H groups in total. The van der Waals surface area contributed by atoms with Crippen molar-refractivity contribution in [2.75, 3.05) is 11.9 Å². The zero-order chi connectivity index (χ0) is 17.6. The lowest BCUT2D eigenvalue weighted by atomic mass is 10.2. The van der Waals surface area contributed by atoms with Crippen LogP contribution in [0, 0.1) is 0 Å². The summed E-state index contributed by atoms with van der Waals surface area (Å²) in [5.74, 6) is -0.335. The van der Waals surface area contributed by atoms with E-state index in [1.165, 1.54) is 22.7 Å². The number of rotatable bonds is 6. The molecule has 1 aromatic carbocycles. The highest BCUT2D eigenvalue weighted by atomic mass is 79.9. The van der Waals surface area contributed by atoms with Crippen molar-refractivity contribution < 1.29 is 9.59 Å². The zero-order valence-electron chi connectivity index (χ0n) is 12.9. The molecule has 0 aliphatic heterocycles. The maximum atomic E-state index is 12.0. The minimum Gasteiger partial charge on any atom is -0.352 e. The van der Waals surface area contributed by atoms with Crippen LogP contribution in [-0.2, 0) is 6.42 Å². The molecular formula is C16H13BrN4O2S2. The molecule has 0 fully saturated rings. The number of carbonyl (C=O) groups is 2. The summed E-state index contributed by atoms with van der Waals surface area (Å²) in [7, 11) is 0. The number of halogens is 1. The second kappa shape index (κ2) is 8.32. The molecule has 0 atom stereocenters. The Morgan fingerprint density at radius 2 is 2.00 bits per heavy atom. The van der Waals surface area contributed by atoms with Gasteiger partial charge >= 0.3 is 0 Å². The highest BCUT2D eigenvalue weighted by molar-refractivity contribution is 9.10. The number of amides is 2. The van der Waals surface area contributed by atoms with Crippen molar-refractivity contribution in [1.29, 1.82) is 0 Å². The Morgan fingerprint density at radius 3 is 2.76 bits per heavy atom. The Bertz CT molecular complexity index is 880. The maximum Gasteiger partial charge on any atom is 0.267 e. The van der Waals surface area contributed by atoms with E-state index < -0.39 is 0 Å². The van der Waals surface area contributed by atoms with E-state index in [4.69, 9.17) is 0 Å². The van der Waals surface area contributed by atoms with Crippen molar-refractivity contribution >= 4 is 55.5 Å². The predicted molar refractivity (Wildman–Crippen MR) is 102 cm³/mol. The number of hydrogen-bond donors (Lipinski definition) is 2. The summed E-state index contributed by atoms with van der Waals surface area (Å²) in [6.45, 7) is 0.443. The summed E-state index contributed by atoms with van der Waals surface area (Å²) in [5.41, 5.74) is 0.593. The first-order chi connectivity index (χ1) is 12.1. The van der Waals surface area contributed by atoms with E-state index in [-0.39, 0.29) is 11.8 Å². The lowest BCUT2D eigenvalue weighted by molar-refractivity contribution is 0.0953. The molecule has 0 spiro atoms. The zero-order valence-corrected chi connectivity index (χ0v) is 16.1. The number of hydrogen-bond acceptors (Lipinski definition) is 6. The first-order valence-electron chi connectivity index (χ1n) is 7.33. The maximum absolute atomic E-state index is 12.0. The number of nitrogens with one attached hydrogen (secondary N) is 2. The van der Waals surface area contributed by atoms with Crippen molar-refractivity contribution in [3.05, 3.63) is 61.7 Å². The van der Waals surface area contributed by atoms with Gasteiger partial charge in [-0.3, -0.25) is 14.9 Å². The molecule has 128 valence electrons. The van der Waals surface area contributed by atoms with Crippen LogP contribution in [0.15, 0.2) is 46.3 Å². The third-order valence-electron chi connectivity index (χ3n) is 3.14. The monoisotopic (exact) mass is 436 g/mol. The van der Waals surface area contributed by atoms with Gasteiger partial charge in [0.15, 0.2) is 0 Å². The van der Waals surface area contributed by atoms with Crippen LogP contribution >= 0.6 is 38.6 Å². The molecule has 3 rings (SSSR count). The second-order valence-electron chi connectivity index (χ2n) is 4.95. The Hall–Kier alpha value is -2.10. The molecule has 0 aliphatic carbocycles. The SMILES string of the molecule is O=C(NCCc1nnc(NC(=O)c2cccs2)s1)c1cccc(Br)c1. The number of thiophene rings is 1. The van der Waals surface area contributed by atoms with Crippen LogP contribution in [-0.4, -0.2) is 28.6 Å². The predicted octanol–water partition coefficient (Wildman–Crippen LogP) is 3.59. The molecule has 0 bridgehead atoms. The molecular weight excluding hydrogens is 424 g/mol. The summed E-state index contributed by atoms with van der Waals surface area (Å²) in [4.78, 5) is 24.6. The highest BCUT2D eigenvalue weighted by Crippen LogP contribution is 2.18. The molecule has 3 aromatic rings. The van der Waals surface area contributed by atoms with Gasteiger partial charge in [-0.05, 0) is 29.6 Å². The van der Waals surface area contributed by atoms with Crippen molar-refractivity contribution in [3.8, 4) is 0 Å². The van der Waals surface area contributed by atoms with Crippen molar-refractivity contribution in [2.45, 2.75) is 6.42 Å². The van der Waals surface area contributed by atoms with E-state index in [1.54, 1.807) is 18.2 Å². The van der Waals surface area contributed by atoms with Crippen LogP contribution in [0.2, 0.25) is 0 Å².